The average Bonchev–Trinajstić information content (AvgIpc) is 2.78. The lowest BCUT2D eigenvalue weighted by atomic mass is 10.1. The molecule has 6 heteroatoms. The molecule has 0 unspecified atom stereocenters. The second kappa shape index (κ2) is 22.7. The quantitative estimate of drug-likeness (QED) is 0.139. The summed E-state index contributed by atoms with van der Waals surface area (Å²) in [6.07, 6.45) is 18.5. The van der Waals surface area contributed by atoms with E-state index in [2.05, 4.69) is 20.8 Å². The van der Waals surface area contributed by atoms with Gasteiger partial charge in [-0.3, -0.25) is 0 Å². The third kappa shape index (κ3) is 18.1. The fourth-order valence-corrected chi connectivity index (χ4v) is 3.83. The van der Waals surface area contributed by atoms with Crippen LogP contribution in [0.2, 0.25) is 0 Å². The summed E-state index contributed by atoms with van der Waals surface area (Å²) in [5.41, 5.74) is 0. The maximum atomic E-state index is 12.8. The van der Waals surface area contributed by atoms with Gasteiger partial charge >= 0.3 is 12.2 Å². The van der Waals surface area contributed by atoms with E-state index >= 15 is 0 Å². The lowest BCUT2D eigenvalue weighted by Crippen LogP contribution is -2.41. The molecule has 0 atom stereocenters. The Balaban J connectivity index is 4.51. The van der Waals surface area contributed by atoms with Gasteiger partial charge in [-0.05, 0) is 19.3 Å². The number of amides is 2. The molecule has 0 saturated heterocycles. The highest BCUT2D eigenvalue weighted by Crippen LogP contribution is 2.12. The fraction of sp³-hybridized carbons (Fsp3) is 0.923. The van der Waals surface area contributed by atoms with Crippen molar-refractivity contribution in [2.24, 2.45) is 0 Å². The van der Waals surface area contributed by atoms with Gasteiger partial charge in [-0.15, -0.1) is 5.06 Å². The van der Waals surface area contributed by atoms with E-state index in [4.69, 9.17) is 4.84 Å². The first-order valence-corrected chi connectivity index (χ1v) is 13.5. The average molecular weight is 457 g/mol. The van der Waals surface area contributed by atoms with Crippen LogP contribution in [0, 0.1) is 0 Å². The summed E-state index contributed by atoms with van der Waals surface area (Å²) < 4.78 is 0. The molecule has 2 amide bonds. The minimum Gasteiger partial charge on any atom is -0.463 e. The van der Waals surface area contributed by atoms with E-state index in [1.54, 1.807) is 4.90 Å². The maximum absolute atomic E-state index is 12.8. The summed E-state index contributed by atoms with van der Waals surface area (Å²) in [7, 11) is 0. The van der Waals surface area contributed by atoms with Crippen molar-refractivity contribution < 1.29 is 19.5 Å². The number of nitrogens with zero attached hydrogens (tertiary/aromatic N) is 2. The summed E-state index contributed by atoms with van der Waals surface area (Å²) >= 11 is 0. The standard InChI is InChI=1S/C26H52N2O4/c1-4-7-10-13-16-19-22-27(23-20-17-14-11-8-5-2)26(31)32-28(25(29)30)24-21-18-15-12-9-6-3/h4-24H2,1-3H3,(H,29,30). The molecule has 0 rings (SSSR count). The van der Waals surface area contributed by atoms with Crippen molar-refractivity contribution in [3.8, 4) is 0 Å². The number of hydroxylamine groups is 2. The summed E-state index contributed by atoms with van der Waals surface area (Å²) in [4.78, 5) is 31.4. The first-order valence-electron chi connectivity index (χ1n) is 13.5. The number of rotatable bonds is 21. The van der Waals surface area contributed by atoms with Crippen LogP contribution in [0.4, 0.5) is 9.59 Å². The maximum Gasteiger partial charge on any atom is 0.440 e. The Kier molecular flexibility index (Phi) is 21.7. The number of hydrogen-bond acceptors (Lipinski definition) is 3. The zero-order valence-corrected chi connectivity index (χ0v) is 21.4. The van der Waals surface area contributed by atoms with Gasteiger partial charge in [0.15, 0.2) is 0 Å². The fourth-order valence-electron chi connectivity index (χ4n) is 3.83. The lowest BCUT2D eigenvalue weighted by Gasteiger charge is -2.25. The number of hydrogen-bond donors (Lipinski definition) is 1. The van der Waals surface area contributed by atoms with Gasteiger partial charge in [0.05, 0.1) is 6.54 Å². The van der Waals surface area contributed by atoms with E-state index < -0.39 is 12.2 Å². The molecule has 1 N–H and O–H groups in total. The number of carboxylic acid groups (broad SMARTS) is 1. The first kappa shape index (κ1) is 30.5. The molecule has 0 spiro atoms. The Bertz CT molecular complexity index is 430. The van der Waals surface area contributed by atoms with Crippen LogP contribution in [0.15, 0.2) is 0 Å². The van der Waals surface area contributed by atoms with Gasteiger partial charge in [0, 0.05) is 13.1 Å². The van der Waals surface area contributed by atoms with Gasteiger partial charge in [0.25, 0.3) is 0 Å². The molecule has 0 bridgehead atoms. The molecular weight excluding hydrogens is 404 g/mol. The van der Waals surface area contributed by atoms with Gasteiger partial charge in [0.1, 0.15) is 0 Å². The molecule has 0 aliphatic heterocycles. The zero-order chi connectivity index (χ0) is 23.9. The number of unbranched alkanes of at least 4 members (excludes halogenated alkanes) is 15. The van der Waals surface area contributed by atoms with Crippen molar-refractivity contribution in [2.45, 2.75) is 136 Å². The Morgan fingerprint density at radius 1 is 0.562 bits per heavy atom. The monoisotopic (exact) mass is 456 g/mol. The molecule has 0 aromatic rings. The molecule has 6 nitrogen and oxygen atoms in total. The zero-order valence-electron chi connectivity index (χ0n) is 21.4. The van der Waals surface area contributed by atoms with E-state index in [0.717, 1.165) is 50.0 Å². The Morgan fingerprint density at radius 2 is 0.906 bits per heavy atom. The molecule has 0 fully saturated rings. The minimum atomic E-state index is -1.19. The number of carbonyl (C=O) groups is 2. The summed E-state index contributed by atoms with van der Waals surface area (Å²) in [5, 5.41) is 10.3. The summed E-state index contributed by atoms with van der Waals surface area (Å²) in [5.74, 6) is 0. The molecular formula is C26H52N2O4. The van der Waals surface area contributed by atoms with Crippen molar-refractivity contribution in [3.63, 3.8) is 0 Å². The highest BCUT2D eigenvalue weighted by Gasteiger charge is 2.22. The van der Waals surface area contributed by atoms with Crippen molar-refractivity contribution in [2.75, 3.05) is 19.6 Å². The van der Waals surface area contributed by atoms with Crippen LogP contribution in [0.1, 0.15) is 136 Å². The summed E-state index contributed by atoms with van der Waals surface area (Å²) in [6, 6.07) is 0. The first-order chi connectivity index (χ1) is 15.6. The second-order valence-corrected chi connectivity index (χ2v) is 9.03. The van der Waals surface area contributed by atoms with Crippen LogP contribution in [0.25, 0.3) is 0 Å². The van der Waals surface area contributed by atoms with E-state index in [-0.39, 0.29) is 6.54 Å². The normalized spacial score (nSPS) is 10.8. The third-order valence-electron chi connectivity index (χ3n) is 5.94. The highest BCUT2D eigenvalue weighted by molar-refractivity contribution is 5.71. The highest BCUT2D eigenvalue weighted by atomic mass is 16.7. The minimum absolute atomic E-state index is 0.245. The van der Waals surface area contributed by atoms with E-state index in [1.807, 2.05) is 0 Å². The Hall–Kier alpha value is -1.46. The molecule has 0 saturated carbocycles. The molecule has 0 heterocycles. The molecule has 0 aliphatic carbocycles. The predicted molar refractivity (Wildman–Crippen MR) is 133 cm³/mol. The van der Waals surface area contributed by atoms with Crippen molar-refractivity contribution in [3.05, 3.63) is 0 Å². The second-order valence-electron chi connectivity index (χ2n) is 9.03. The topological polar surface area (TPSA) is 70.1 Å². The van der Waals surface area contributed by atoms with Gasteiger partial charge in [-0.2, -0.15) is 0 Å². The van der Waals surface area contributed by atoms with Crippen molar-refractivity contribution in [1.82, 2.24) is 9.96 Å². The van der Waals surface area contributed by atoms with Gasteiger partial charge in [-0.25, -0.2) is 9.59 Å². The van der Waals surface area contributed by atoms with Gasteiger partial charge < -0.3 is 14.8 Å². The lowest BCUT2D eigenvalue weighted by molar-refractivity contribution is -0.0890. The van der Waals surface area contributed by atoms with Crippen molar-refractivity contribution in [1.29, 1.82) is 0 Å². The van der Waals surface area contributed by atoms with Crippen LogP contribution in [-0.2, 0) is 4.84 Å². The van der Waals surface area contributed by atoms with E-state index in [1.165, 1.54) is 70.6 Å². The molecule has 190 valence electrons. The predicted octanol–water partition coefficient (Wildman–Crippen LogP) is 8.40. The molecule has 0 radical (unpaired) electrons. The van der Waals surface area contributed by atoms with E-state index in [9.17, 15) is 14.7 Å². The molecule has 0 aliphatic rings. The van der Waals surface area contributed by atoms with Crippen LogP contribution < -0.4 is 0 Å². The molecule has 32 heavy (non-hydrogen) atoms. The third-order valence-corrected chi connectivity index (χ3v) is 5.94. The largest absolute Gasteiger partial charge is 0.463 e. The van der Waals surface area contributed by atoms with Crippen molar-refractivity contribution >= 4 is 12.2 Å². The van der Waals surface area contributed by atoms with Crippen LogP contribution in [0.5, 0.6) is 0 Å². The SMILES string of the molecule is CCCCCCCCN(CCCCCCCC)C(=O)ON(CCCCCCCC)C(=O)O. The summed E-state index contributed by atoms with van der Waals surface area (Å²) in [6.45, 7) is 8.12. The Morgan fingerprint density at radius 3 is 1.28 bits per heavy atom. The van der Waals surface area contributed by atoms with Gasteiger partial charge in [-0.1, -0.05) is 117 Å². The smallest absolute Gasteiger partial charge is 0.440 e. The van der Waals surface area contributed by atoms with Crippen LogP contribution >= 0.6 is 0 Å². The number of carbonyl (C=O) groups excluding carboxylic acids is 1. The molecule has 0 aromatic carbocycles. The molecule has 0 aromatic heterocycles. The van der Waals surface area contributed by atoms with E-state index in [0.29, 0.717) is 13.1 Å². The van der Waals surface area contributed by atoms with Gasteiger partial charge in [0.2, 0.25) is 0 Å². The Labute approximate surface area is 198 Å². The van der Waals surface area contributed by atoms with Crippen LogP contribution in [-0.4, -0.2) is 46.9 Å². The van der Waals surface area contributed by atoms with Crippen LogP contribution in [0.3, 0.4) is 0 Å².